The van der Waals surface area contributed by atoms with Crippen LogP contribution in [0.25, 0.3) is 0 Å². The van der Waals surface area contributed by atoms with Gasteiger partial charge in [0.25, 0.3) is 5.56 Å². The van der Waals surface area contributed by atoms with Crippen LogP contribution in [0.5, 0.6) is 0 Å². The highest BCUT2D eigenvalue weighted by atomic mass is 32.2. The molecule has 0 amide bonds. The summed E-state index contributed by atoms with van der Waals surface area (Å²) in [5.41, 5.74) is 0.878. The van der Waals surface area contributed by atoms with Gasteiger partial charge in [0, 0.05) is 29.9 Å². The molecule has 1 atom stereocenters. The third-order valence-electron chi connectivity index (χ3n) is 3.04. The molecule has 0 bridgehead atoms. The molecule has 108 valence electrons. The Morgan fingerprint density at radius 3 is 2.70 bits per heavy atom. The first-order valence-corrected chi connectivity index (χ1v) is 7.82. The predicted octanol–water partition coefficient (Wildman–Crippen LogP) is 2.89. The highest BCUT2D eigenvalue weighted by molar-refractivity contribution is 7.99. The minimum atomic E-state index is -0.109. The van der Waals surface area contributed by atoms with Crippen molar-refractivity contribution < 1.29 is 4.79 Å². The van der Waals surface area contributed by atoms with Crippen molar-refractivity contribution in [3.05, 3.63) is 34.2 Å². The molecule has 1 heterocycles. The van der Waals surface area contributed by atoms with Crippen molar-refractivity contribution in [2.75, 3.05) is 5.75 Å². The summed E-state index contributed by atoms with van der Waals surface area (Å²) in [6.45, 7) is 6.15. The molecule has 0 aliphatic heterocycles. The molecule has 0 spiro atoms. The Balaban J connectivity index is 3.03. The molecule has 3 nitrogen and oxygen atoms in total. The molecule has 0 N–H and O–H groups in total. The van der Waals surface area contributed by atoms with Gasteiger partial charge in [0.05, 0.1) is 6.54 Å². The van der Waals surface area contributed by atoms with Crippen LogP contribution >= 0.6 is 11.8 Å². The topological polar surface area (TPSA) is 39.1 Å². The average molecular weight is 291 g/mol. The second kappa shape index (κ2) is 7.96. The van der Waals surface area contributed by atoms with Crippen molar-refractivity contribution in [3.8, 4) is 12.3 Å². The molecule has 0 aliphatic rings. The van der Waals surface area contributed by atoms with Crippen LogP contribution in [-0.4, -0.2) is 16.1 Å². The third-order valence-corrected chi connectivity index (χ3v) is 4.21. The van der Waals surface area contributed by atoms with E-state index in [0.29, 0.717) is 6.42 Å². The Morgan fingerprint density at radius 2 is 2.15 bits per heavy atom. The van der Waals surface area contributed by atoms with Gasteiger partial charge < -0.3 is 4.57 Å². The van der Waals surface area contributed by atoms with Crippen molar-refractivity contribution in [1.82, 2.24) is 4.57 Å². The molecule has 1 unspecified atom stereocenters. The van der Waals surface area contributed by atoms with Crippen LogP contribution in [0.1, 0.15) is 38.0 Å². The van der Waals surface area contributed by atoms with E-state index in [9.17, 15) is 9.59 Å². The zero-order chi connectivity index (χ0) is 15.1. The van der Waals surface area contributed by atoms with E-state index in [2.05, 4.69) is 12.8 Å². The SMILES string of the molecule is C#CCn1cc(C(CC(=O)C(C)C)SCC)ccc1=O. The van der Waals surface area contributed by atoms with E-state index in [0.717, 1.165) is 11.3 Å². The normalized spacial score (nSPS) is 12.2. The van der Waals surface area contributed by atoms with Crippen molar-refractivity contribution in [1.29, 1.82) is 0 Å². The van der Waals surface area contributed by atoms with Gasteiger partial charge in [-0.25, -0.2) is 0 Å². The van der Waals surface area contributed by atoms with Gasteiger partial charge in [0.1, 0.15) is 5.78 Å². The lowest BCUT2D eigenvalue weighted by atomic mass is 10.0. The molecule has 0 aromatic carbocycles. The highest BCUT2D eigenvalue weighted by Gasteiger charge is 2.18. The van der Waals surface area contributed by atoms with E-state index in [1.807, 2.05) is 13.8 Å². The number of hydrogen-bond donors (Lipinski definition) is 0. The number of carbonyl (C=O) groups is 1. The summed E-state index contributed by atoms with van der Waals surface area (Å²) in [4.78, 5) is 23.6. The first-order chi connectivity index (χ1) is 9.49. The van der Waals surface area contributed by atoms with Gasteiger partial charge in [-0.3, -0.25) is 9.59 Å². The van der Waals surface area contributed by atoms with Crippen molar-refractivity contribution in [2.45, 2.75) is 39.0 Å². The minimum Gasteiger partial charge on any atom is -0.304 e. The standard InChI is InChI=1S/C16H21NO2S/c1-5-9-17-11-13(7-8-16(17)19)15(20-6-2)10-14(18)12(3)4/h1,7-8,11-12,15H,6,9-10H2,2-4H3. The van der Waals surface area contributed by atoms with Crippen LogP contribution in [0.4, 0.5) is 0 Å². The van der Waals surface area contributed by atoms with Crippen LogP contribution in [0, 0.1) is 18.3 Å². The number of carbonyl (C=O) groups excluding carboxylic acids is 1. The summed E-state index contributed by atoms with van der Waals surface area (Å²) in [6.07, 6.45) is 7.54. The Labute approximate surface area is 124 Å². The Bertz CT molecular complexity index is 554. The maximum atomic E-state index is 12.0. The van der Waals surface area contributed by atoms with E-state index in [1.54, 1.807) is 24.0 Å². The molecule has 1 rings (SSSR count). The van der Waals surface area contributed by atoms with Crippen LogP contribution in [0.2, 0.25) is 0 Å². The smallest absolute Gasteiger partial charge is 0.251 e. The van der Waals surface area contributed by atoms with Gasteiger partial charge in [-0.15, -0.1) is 6.42 Å². The van der Waals surface area contributed by atoms with Gasteiger partial charge >= 0.3 is 0 Å². The summed E-state index contributed by atoms with van der Waals surface area (Å²) in [6, 6.07) is 3.33. The first-order valence-electron chi connectivity index (χ1n) is 6.77. The molecule has 1 aromatic rings. The lowest BCUT2D eigenvalue weighted by Gasteiger charge is -2.17. The summed E-state index contributed by atoms with van der Waals surface area (Å²) >= 11 is 1.72. The molecule has 0 aliphatic carbocycles. The second-order valence-electron chi connectivity index (χ2n) is 4.90. The van der Waals surface area contributed by atoms with Crippen molar-refractivity contribution in [2.24, 2.45) is 5.92 Å². The number of terminal acetylenes is 1. The fourth-order valence-corrected chi connectivity index (χ4v) is 2.87. The van der Waals surface area contributed by atoms with E-state index in [-0.39, 0.29) is 29.1 Å². The summed E-state index contributed by atoms with van der Waals surface area (Å²) in [5, 5.41) is 0.0829. The molecule has 0 saturated heterocycles. The molecule has 4 heteroatoms. The Kier molecular flexibility index (Phi) is 6.60. The van der Waals surface area contributed by atoms with E-state index < -0.39 is 0 Å². The van der Waals surface area contributed by atoms with E-state index in [4.69, 9.17) is 6.42 Å². The van der Waals surface area contributed by atoms with Gasteiger partial charge in [-0.05, 0) is 11.3 Å². The fraction of sp³-hybridized carbons (Fsp3) is 0.500. The molecular formula is C16H21NO2S. The van der Waals surface area contributed by atoms with Crippen molar-refractivity contribution in [3.63, 3.8) is 0 Å². The van der Waals surface area contributed by atoms with Gasteiger partial charge in [0.2, 0.25) is 0 Å². The number of thioether (sulfide) groups is 1. The number of nitrogens with zero attached hydrogens (tertiary/aromatic N) is 1. The van der Waals surface area contributed by atoms with Crippen molar-refractivity contribution >= 4 is 17.5 Å². The van der Waals surface area contributed by atoms with Gasteiger partial charge in [0.15, 0.2) is 0 Å². The zero-order valence-corrected chi connectivity index (χ0v) is 13.1. The molecule has 0 saturated carbocycles. The maximum Gasteiger partial charge on any atom is 0.251 e. The number of rotatable bonds is 7. The quantitative estimate of drug-likeness (QED) is 0.725. The van der Waals surface area contributed by atoms with E-state index >= 15 is 0 Å². The molecule has 0 radical (unpaired) electrons. The number of hydrogen-bond acceptors (Lipinski definition) is 3. The van der Waals surface area contributed by atoms with Crippen LogP contribution in [0.3, 0.4) is 0 Å². The maximum absolute atomic E-state index is 12.0. The number of ketones is 1. The molecule has 1 aromatic heterocycles. The van der Waals surface area contributed by atoms with Gasteiger partial charge in [-0.1, -0.05) is 32.8 Å². The zero-order valence-electron chi connectivity index (χ0n) is 12.3. The lowest BCUT2D eigenvalue weighted by molar-refractivity contribution is -0.121. The summed E-state index contributed by atoms with van der Waals surface area (Å²) < 4.78 is 1.51. The van der Waals surface area contributed by atoms with Crippen LogP contribution in [-0.2, 0) is 11.3 Å². The average Bonchev–Trinajstić information content (AvgIpc) is 2.41. The monoisotopic (exact) mass is 291 g/mol. The van der Waals surface area contributed by atoms with E-state index in [1.165, 1.54) is 10.6 Å². The number of Topliss-reactive ketones (excluding diaryl/α,β-unsaturated/α-hetero) is 1. The highest BCUT2D eigenvalue weighted by Crippen LogP contribution is 2.32. The molecule has 20 heavy (non-hydrogen) atoms. The summed E-state index contributed by atoms with van der Waals surface area (Å²) in [7, 11) is 0. The second-order valence-corrected chi connectivity index (χ2v) is 6.38. The predicted molar refractivity (Wildman–Crippen MR) is 84.9 cm³/mol. The summed E-state index contributed by atoms with van der Waals surface area (Å²) in [5.74, 6) is 3.67. The largest absolute Gasteiger partial charge is 0.304 e. The van der Waals surface area contributed by atoms with Crippen LogP contribution < -0.4 is 5.56 Å². The number of aromatic nitrogens is 1. The lowest BCUT2D eigenvalue weighted by Crippen LogP contribution is -2.19. The fourth-order valence-electron chi connectivity index (χ4n) is 1.85. The minimum absolute atomic E-state index is 0.0339. The number of pyridine rings is 1. The Morgan fingerprint density at radius 1 is 1.45 bits per heavy atom. The molecular weight excluding hydrogens is 270 g/mol. The third kappa shape index (κ3) is 4.57. The van der Waals surface area contributed by atoms with Gasteiger partial charge in [-0.2, -0.15) is 11.8 Å². The Hall–Kier alpha value is -1.47. The first kappa shape index (κ1) is 16.6. The molecule has 0 fully saturated rings. The van der Waals surface area contributed by atoms with Crippen LogP contribution in [0.15, 0.2) is 23.1 Å².